The summed E-state index contributed by atoms with van der Waals surface area (Å²) in [6, 6.07) is 3.02. The second-order valence-electron chi connectivity index (χ2n) is 4.13. The lowest BCUT2D eigenvalue weighted by Crippen LogP contribution is -2.37. The van der Waals surface area contributed by atoms with Gasteiger partial charge in [0.25, 0.3) is 0 Å². The molecule has 10 heteroatoms. The van der Waals surface area contributed by atoms with Crippen LogP contribution in [0.15, 0.2) is 18.2 Å². The minimum absolute atomic E-state index is 0.521. The highest BCUT2D eigenvalue weighted by Crippen LogP contribution is 2.19. The maximum atomic E-state index is 13.4. The third-order valence-electron chi connectivity index (χ3n) is 2.03. The van der Waals surface area contributed by atoms with Gasteiger partial charge in [-0.05, 0) is 26.0 Å². The highest BCUT2D eigenvalue weighted by atomic mass is 32.2. The number of carbonyl (C=O) groups is 2. The number of benzene rings is 1. The fraction of sp³-hybridized carbons (Fsp3) is 0.273. The van der Waals surface area contributed by atoms with Crippen molar-refractivity contribution in [1.82, 2.24) is 4.72 Å². The van der Waals surface area contributed by atoms with E-state index in [0.29, 0.717) is 0 Å². The molecule has 116 valence electrons. The Balaban J connectivity index is 2.98. The Morgan fingerprint density at radius 1 is 1.33 bits per heavy atom. The predicted molar refractivity (Wildman–Crippen MR) is 70.7 cm³/mol. The first-order valence-electron chi connectivity index (χ1n) is 5.65. The van der Waals surface area contributed by atoms with E-state index in [1.165, 1.54) is 18.6 Å². The number of ether oxygens (including phenoxy) is 1. The van der Waals surface area contributed by atoms with Crippen molar-refractivity contribution in [2.45, 2.75) is 20.0 Å². The largest absolute Gasteiger partial charge is 0.478 e. The quantitative estimate of drug-likeness (QED) is 0.752. The molecule has 21 heavy (non-hydrogen) atoms. The number of carboxylic acid groups (broad SMARTS) is 1. The van der Waals surface area contributed by atoms with Crippen LogP contribution in [0.1, 0.15) is 24.2 Å². The van der Waals surface area contributed by atoms with E-state index < -0.39 is 45.4 Å². The average molecular weight is 320 g/mol. The second-order valence-corrected chi connectivity index (χ2v) is 5.54. The van der Waals surface area contributed by atoms with Crippen LogP contribution in [0.2, 0.25) is 0 Å². The van der Waals surface area contributed by atoms with Gasteiger partial charge >= 0.3 is 22.3 Å². The molecule has 1 amide bonds. The van der Waals surface area contributed by atoms with Crippen molar-refractivity contribution in [3.63, 3.8) is 0 Å². The van der Waals surface area contributed by atoms with Crippen molar-refractivity contribution >= 4 is 28.0 Å². The van der Waals surface area contributed by atoms with Crippen molar-refractivity contribution in [2.75, 3.05) is 4.72 Å². The van der Waals surface area contributed by atoms with E-state index in [1.807, 2.05) is 0 Å². The molecule has 0 aliphatic heterocycles. The molecule has 0 aliphatic carbocycles. The topological polar surface area (TPSA) is 122 Å². The maximum absolute atomic E-state index is 13.4. The second kappa shape index (κ2) is 6.39. The first-order valence-corrected chi connectivity index (χ1v) is 7.13. The zero-order valence-corrected chi connectivity index (χ0v) is 11.9. The third-order valence-corrected chi connectivity index (χ3v) is 2.96. The summed E-state index contributed by atoms with van der Waals surface area (Å²) >= 11 is 0. The van der Waals surface area contributed by atoms with Crippen LogP contribution < -0.4 is 9.44 Å². The average Bonchev–Trinajstić information content (AvgIpc) is 2.24. The van der Waals surface area contributed by atoms with Gasteiger partial charge < -0.3 is 9.84 Å². The number of amides is 1. The standard InChI is InChI=1S/C11H13FN2O6S/c1-6(2)20-11(17)14-21(18,19)13-8-5-3-4-7(12)9(8)10(15)16/h3-6,13H,1-2H3,(H,14,17)(H,15,16). The Labute approximate surface area is 120 Å². The number of hydrogen-bond acceptors (Lipinski definition) is 5. The zero-order chi connectivity index (χ0) is 16.2. The van der Waals surface area contributed by atoms with Crippen LogP contribution in [0.3, 0.4) is 0 Å². The van der Waals surface area contributed by atoms with Gasteiger partial charge in [-0.15, -0.1) is 0 Å². The SMILES string of the molecule is CC(C)OC(=O)NS(=O)(=O)Nc1cccc(F)c1C(=O)O. The van der Waals surface area contributed by atoms with Crippen LogP contribution in [0, 0.1) is 5.82 Å². The summed E-state index contributed by atoms with van der Waals surface area (Å²) in [5.74, 6) is -2.77. The molecule has 0 bridgehead atoms. The summed E-state index contributed by atoms with van der Waals surface area (Å²) in [7, 11) is -4.46. The van der Waals surface area contributed by atoms with Crippen LogP contribution in [0.5, 0.6) is 0 Å². The van der Waals surface area contributed by atoms with Crippen molar-refractivity contribution in [3.05, 3.63) is 29.6 Å². The minimum Gasteiger partial charge on any atom is -0.478 e. The monoisotopic (exact) mass is 320 g/mol. The van der Waals surface area contributed by atoms with Gasteiger partial charge in [0.15, 0.2) is 0 Å². The fourth-order valence-corrected chi connectivity index (χ4v) is 2.12. The number of anilines is 1. The number of rotatable bonds is 5. The Bertz CT molecular complexity index is 659. The lowest BCUT2D eigenvalue weighted by Gasteiger charge is -2.13. The van der Waals surface area contributed by atoms with E-state index in [9.17, 15) is 22.4 Å². The van der Waals surface area contributed by atoms with E-state index in [4.69, 9.17) is 5.11 Å². The van der Waals surface area contributed by atoms with Gasteiger partial charge in [-0.25, -0.2) is 18.7 Å². The van der Waals surface area contributed by atoms with Gasteiger partial charge in [0, 0.05) is 0 Å². The molecule has 8 nitrogen and oxygen atoms in total. The molecule has 0 fully saturated rings. The van der Waals surface area contributed by atoms with Crippen LogP contribution in [-0.4, -0.2) is 31.7 Å². The zero-order valence-electron chi connectivity index (χ0n) is 11.1. The van der Waals surface area contributed by atoms with Gasteiger partial charge in [-0.1, -0.05) is 6.07 Å². The number of carbonyl (C=O) groups excluding carboxylic acids is 1. The van der Waals surface area contributed by atoms with Gasteiger partial charge in [0.2, 0.25) is 0 Å². The van der Waals surface area contributed by atoms with Crippen molar-refractivity contribution in [3.8, 4) is 0 Å². The minimum atomic E-state index is -4.46. The van der Waals surface area contributed by atoms with Crippen LogP contribution >= 0.6 is 0 Å². The molecule has 0 heterocycles. The summed E-state index contributed by atoms with van der Waals surface area (Å²) < 4.78 is 44.5. The Hall–Kier alpha value is -2.36. The summed E-state index contributed by atoms with van der Waals surface area (Å²) in [6.45, 7) is 3.02. The highest BCUT2D eigenvalue weighted by Gasteiger charge is 2.22. The molecule has 0 aliphatic rings. The molecule has 1 aromatic carbocycles. The number of halogens is 1. The molecular formula is C11H13FN2O6S. The van der Waals surface area contributed by atoms with Crippen molar-refractivity contribution < 1.29 is 32.2 Å². The van der Waals surface area contributed by atoms with Crippen LogP contribution in [-0.2, 0) is 14.9 Å². The Morgan fingerprint density at radius 3 is 2.48 bits per heavy atom. The molecule has 3 N–H and O–H groups in total. The van der Waals surface area contributed by atoms with Crippen LogP contribution in [0.25, 0.3) is 0 Å². The molecule has 0 atom stereocenters. The molecule has 0 radical (unpaired) electrons. The van der Waals surface area contributed by atoms with E-state index >= 15 is 0 Å². The first kappa shape index (κ1) is 16.7. The molecule has 0 saturated carbocycles. The van der Waals surface area contributed by atoms with Gasteiger partial charge in [0.1, 0.15) is 11.4 Å². The normalized spacial score (nSPS) is 11.0. The molecular weight excluding hydrogens is 307 g/mol. The Kier molecular flexibility index (Phi) is 5.08. The predicted octanol–water partition coefficient (Wildman–Crippen LogP) is 1.32. The summed E-state index contributed by atoms with van der Waals surface area (Å²) in [5.41, 5.74) is -1.38. The highest BCUT2D eigenvalue weighted by molar-refractivity contribution is 7.91. The van der Waals surface area contributed by atoms with Crippen molar-refractivity contribution in [2.24, 2.45) is 0 Å². The molecule has 1 rings (SSSR count). The number of nitrogens with one attached hydrogen (secondary N) is 2. The fourth-order valence-electron chi connectivity index (χ4n) is 1.34. The van der Waals surface area contributed by atoms with Crippen LogP contribution in [0.4, 0.5) is 14.9 Å². The number of aromatic carboxylic acids is 1. The van der Waals surface area contributed by atoms with E-state index in [2.05, 4.69) is 4.74 Å². The van der Waals surface area contributed by atoms with Gasteiger partial charge in [-0.3, -0.25) is 4.72 Å². The van der Waals surface area contributed by atoms with E-state index in [1.54, 1.807) is 4.72 Å². The molecule has 1 aromatic rings. The Morgan fingerprint density at radius 2 is 1.95 bits per heavy atom. The van der Waals surface area contributed by atoms with Crippen molar-refractivity contribution in [1.29, 1.82) is 0 Å². The molecule has 0 unspecified atom stereocenters. The first-order chi connectivity index (χ1) is 9.62. The third kappa shape index (κ3) is 4.91. The van der Waals surface area contributed by atoms with E-state index in [-0.39, 0.29) is 0 Å². The van der Waals surface area contributed by atoms with Gasteiger partial charge in [-0.2, -0.15) is 8.42 Å². The molecule has 0 saturated heterocycles. The maximum Gasteiger partial charge on any atom is 0.422 e. The number of hydrogen-bond donors (Lipinski definition) is 3. The lowest BCUT2D eigenvalue weighted by molar-refractivity contribution is 0.0693. The number of carboxylic acids is 1. The summed E-state index contributed by atoms with van der Waals surface area (Å²) in [6.07, 6.45) is -1.80. The molecule has 0 aromatic heterocycles. The smallest absolute Gasteiger partial charge is 0.422 e. The van der Waals surface area contributed by atoms with Gasteiger partial charge in [0.05, 0.1) is 11.8 Å². The molecule has 0 spiro atoms. The summed E-state index contributed by atoms with van der Waals surface area (Å²) in [4.78, 5) is 22.1. The summed E-state index contributed by atoms with van der Waals surface area (Å²) in [5, 5.41) is 8.86. The lowest BCUT2D eigenvalue weighted by atomic mass is 10.2. The van der Waals surface area contributed by atoms with E-state index in [0.717, 1.165) is 18.2 Å².